The molecule has 4 atom stereocenters. The van der Waals surface area contributed by atoms with Gasteiger partial charge in [0.2, 0.25) is 0 Å². The maximum atomic E-state index is 11.9. The SMILES string of the molecule is O=C(O)CCC/C=C\C[C@H]1C(O)CC(O)[C@@H]1COC(=O)NCc1ccccc1. The van der Waals surface area contributed by atoms with Gasteiger partial charge in [0.15, 0.2) is 0 Å². The number of nitrogens with one attached hydrogen (secondary N) is 1. The quantitative estimate of drug-likeness (QED) is 0.360. The number of allylic oxidation sites excluding steroid dienone is 2. The Labute approximate surface area is 165 Å². The second kappa shape index (κ2) is 11.5. The van der Waals surface area contributed by atoms with E-state index in [0.717, 1.165) is 5.56 Å². The molecule has 1 fully saturated rings. The number of hydrogen-bond donors (Lipinski definition) is 4. The summed E-state index contributed by atoms with van der Waals surface area (Å²) in [5.74, 6) is -1.35. The molecule has 2 rings (SSSR count). The van der Waals surface area contributed by atoms with E-state index < -0.39 is 24.3 Å². The van der Waals surface area contributed by atoms with Gasteiger partial charge in [0, 0.05) is 18.9 Å². The Morgan fingerprint density at radius 1 is 1.11 bits per heavy atom. The van der Waals surface area contributed by atoms with Crippen LogP contribution >= 0.6 is 0 Å². The minimum atomic E-state index is -0.814. The van der Waals surface area contributed by atoms with Gasteiger partial charge in [-0.15, -0.1) is 0 Å². The average molecular weight is 391 g/mol. The molecule has 0 spiro atoms. The zero-order valence-electron chi connectivity index (χ0n) is 15.9. The van der Waals surface area contributed by atoms with Crippen molar-refractivity contribution in [2.24, 2.45) is 11.8 Å². The van der Waals surface area contributed by atoms with E-state index in [4.69, 9.17) is 9.84 Å². The Balaban J connectivity index is 1.75. The lowest BCUT2D eigenvalue weighted by Crippen LogP contribution is -2.31. The third kappa shape index (κ3) is 7.32. The van der Waals surface area contributed by atoms with E-state index in [1.54, 1.807) is 0 Å². The van der Waals surface area contributed by atoms with Crippen molar-refractivity contribution in [1.82, 2.24) is 5.32 Å². The minimum absolute atomic E-state index is 0.0381. The van der Waals surface area contributed by atoms with E-state index in [-0.39, 0.29) is 31.3 Å². The fourth-order valence-electron chi connectivity index (χ4n) is 3.47. The van der Waals surface area contributed by atoms with Crippen molar-refractivity contribution in [3.05, 3.63) is 48.0 Å². The van der Waals surface area contributed by atoms with E-state index in [9.17, 15) is 19.8 Å². The lowest BCUT2D eigenvalue weighted by molar-refractivity contribution is -0.137. The summed E-state index contributed by atoms with van der Waals surface area (Å²) in [5, 5.41) is 31.7. The van der Waals surface area contributed by atoms with Crippen molar-refractivity contribution in [3.8, 4) is 0 Å². The second-order valence-corrected chi connectivity index (χ2v) is 7.13. The number of ether oxygens (including phenoxy) is 1. The van der Waals surface area contributed by atoms with Crippen LogP contribution in [-0.4, -0.2) is 46.2 Å². The molecule has 0 aliphatic heterocycles. The largest absolute Gasteiger partial charge is 0.481 e. The van der Waals surface area contributed by atoms with E-state index >= 15 is 0 Å². The molecule has 154 valence electrons. The van der Waals surface area contributed by atoms with E-state index in [0.29, 0.717) is 25.8 Å². The molecule has 1 aliphatic rings. The monoisotopic (exact) mass is 391 g/mol. The van der Waals surface area contributed by atoms with Crippen LogP contribution in [0.15, 0.2) is 42.5 Å². The third-order valence-corrected chi connectivity index (χ3v) is 5.04. The zero-order chi connectivity index (χ0) is 20.4. The number of benzene rings is 1. The molecule has 0 bridgehead atoms. The van der Waals surface area contributed by atoms with Gasteiger partial charge in [-0.3, -0.25) is 4.79 Å². The molecule has 0 heterocycles. The number of hydrogen-bond acceptors (Lipinski definition) is 5. The van der Waals surface area contributed by atoms with E-state index in [1.165, 1.54) is 0 Å². The first-order valence-electron chi connectivity index (χ1n) is 9.65. The first-order valence-corrected chi connectivity index (χ1v) is 9.65. The first kappa shape index (κ1) is 21.9. The smallest absolute Gasteiger partial charge is 0.407 e. The summed E-state index contributed by atoms with van der Waals surface area (Å²) < 4.78 is 5.26. The van der Waals surface area contributed by atoms with Gasteiger partial charge in [-0.2, -0.15) is 0 Å². The molecule has 1 aromatic carbocycles. The molecule has 1 aromatic rings. The van der Waals surface area contributed by atoms with Gasteiger partial charge in [-0.25, -0.2) is 4.79 Å². The van der Waals surface area contributed by atoms with Crippen LogP contribution in [0, 0.1) is 11.8 Å². The summed E-state index contributed by atoms with van der Waals surface area (Å²) in [6.07, 6.45) is 4.02. The van der Waals surface area contributed by atoms with Gasteiger partial charge in [-0.1, -0.05) is 42.5 Å². The van der Waals surface area contributed by atoms with E-state index in [2.05, 4.69) is 5.32 Å². The number of alkyl carbamates (subject to hydrolysis) is 1. The van der Waals surface area contributed by atoms with E-state index in [1.807, 2.05) is 42.5 Å². The minimum Gasteiger partial charge on any atom is -0.481 e. The van der Waals surface area contributed by atoms with Crippen LogP contribution in [0.25, 0.3) is 0 Å². The Hall–Kier alpha value is -2.38. The number of aliphatic carboxylic acids is 1. The van der Waals surface area contributed by atoms with Crippen LogP contribution < -0.4 is 5.32 Å². The molecule has 0 radical (unpaired) electrons. The molecule has 4 N–H and O–H groups in total. The second-order valence-electron chi connectivity index (χ2n) is 7.13. The average Bonchev–Trinajstić information content (AvgIpc) is 2.94. The summed E-state index contributed by atoms with van der Waals surface area (Å²) in [6, 6.07) is 9.47. The highest BCUT2D eigenvalue weighted by atomic mass is 16.5. The Morgan fingerprint density at radius 2 is 1.82 bits per heavy atom. The van der Waals surface area contributed by atoms with Crippen molar-refractivity contribution in [3.63, 3.8) is 0 Å². The number of carboxylic acids is 1. The molecule has 1 aliphatic carbocycles. The van der Waals surface area contributed by atoms with Crippen LogP contribution in [0.1, 0.15) is 37.7 Å². The molecule has 7 nitrogen and oxygen atoms in total. The molecule has 1 saturated carbocycles. The number of carbonyl (C=O) groups excluding carboxylic acids is 1. The van der Waals surface area contributed by atoms with Gasteiger partial charge in [0.25, 0.3) is 0 Å². The number of aliphatic hydroxyl groups is 2. The zero-order valence-corrected chi connectivity index (χ0v) is 15.9. The summed E-state index contributed by atoms with van der Waals surface area (Å²) in [6.45, 7) is 0.397. The van der Waals surface area contributed by atoms with Gasteiger partial charge in [-0.05, 0) is 37.2 Å². The third-order valence-electron chi connectivity index (χ3n) is 5.04. The van der Waals surface area contributed by atoms with Crippen molar-refractivity contribution >= 4 is 12.1 Å². The predicted molar refractivity (Wildman–Crippen MR) is 103 cm³/mol. The van der Waals surface area contributed by atoms with Crippen molar-refractivity contribution in [1.29, 1.82) is 0 Å². The molecule has 7 heteroatoms. The molecule has 28 heavy (non-hydrogen) atoms. The Morgan fingerprint density at radius 3 is 2.54 bits per heavy atom. The molecule has 2 unspecified atom stereocenters. The van der Waals surface area contributed by atoms with Gasteiger partial charge in [0.1, 0.15) is 0 Å². The van der Waals surface area contributed by atoms with Crippen LogP contribution in [0.3, 0.4) is 0 Å². The molecule has 0 aromatic heterocycles. The van der Waals surface area contributed by atoms with Crippen molar-refractivity contribution in [2.75, 3.05) is 6.61 Å². The molecule has 1 amide bonds. The number of aliphatic hydroxyl groups excluding tert-OH is 2. The topological polar surface area (TPSA) is 116 Å². The van der Waals surface area contributed by atoms with Crippen LogP contribution in [0.4, 0.5) is 4.79 Å². The number of carbonyl (C=O) groups is 2. The number of carboxylic acid groups (broad SMARTS) is 1. The van der Waals surface area contributed by atoms with Crippen LogP contribution in [0.2, 0.25) is 0 Å². The maximum absolute atomic E-state index is 11.9. The predicted octanol–water partition coefficient (Wildman–Crippen LogP) is 2.47. The highest BCUT2D eigenvalue weighted by Crippen LogP contribution is 2.35. The standard InChI is InChI=1S/C21H29NO6/c23-18-12-19(24)17(16(18)10-6-1-2-7-11-20(25)26)14-28-21(27)22-13-15-8-4-3-5-9-15/h1,3-6,8-9,16-19,23-24H,2,7,10-14H2,(H,22,27)(H,25,26)/b6-1-/t16-,17-,18?,19?/m1/s1. The summed E-state index contributed by atoms with van der Waals surface area (Å²) in [5.41, 5.74) is 0.960. The summed E-state index contributed by atoms with van der Waals surface area (Å²) in [7, 11) is 0. The highest BCUT2D eigenvalue weighted by molar-refractivity contribution is 5.67. The molecule has 0 saturated heterocycles. The van der Waals surface area contributed by atoms with Gasteiger partial charge < -0.3 is 25.4 Å². The summed E-state index contributed by atoms with van der Waals surface area (Å²) in [4.78, 5) is 22.4. The number of unbranched alkanes of at least 4 members (excludes halogenated alkanes) is 1. The van der Waals surface area contributed by atoms with Crippen molar-refractivity contribution in [2.45, 2.75) is 50.9 Å². The molecular weight excluding hydrogens is 362 g/mol. The fraction of sp³-hybridized carbons (Fsp3) is 0.524. The highest BCUT2D eigenvalue weighted by Gasteiger charge is 2.41. The number of rotatable bonds is 10. The lowest BCUT2D eigenvalue weighted by Gasteiger charge is -2.22. The number of amides is 1. The molecular formula is C21H29NO6. The van der Waals surface area contributed by atoms with Gasteiger partial charge >= 0.3 is 12.1 Å². The van der Waals surface area contributed by atoms with Crippen LogP contribution in [0.5, 0.6) is 0 Å². The lowest BCUT2D eigenvalue weighted by atomic mass is 9.91. The Bertz CT molecular complexity index is 648. The fourth-order valence-corrected chi connectivity index (χ4v) is 3.47. The first-order chi connectivity index (χ1) is 13.5. The summed E-state index contributed by atoms with van der Waals surface area (Å²) >= 11 is 0. The van der Waals surface area contributed by atoms with Crippen molar-refractivity contribution < 1.29 is 29.6 Å². The maximum Gasteiger partial charge on any atom is 0.407 e. The normalized spacial score (nSPS) is 24.4. The Kier molecular flexibility index (Phi) is 8.97. The van der Waals surface area contributed by atoms with Gasteiger partial charge in [0.05, 0.1) is 18.8 Å². The van der Waals surface area contributed by atoms with Crippen LogP contribution in [-0.2, 0) is 16.1 Å².